The van der Waals surface area contributed by atoms with Gasteiger partial charge in [0.2, 0.25) is 0 Å². The maximum atomic E-state index is 13.6. The second kappa shape index (κ2) is 8.94. The number of hydrogen-bond donors (Lipinski definition) is 1. The van der Waals surface area contributed by atoms with Gasteiger partial charge in [0.25, 0.3) is 10.1 Å². The summed E-state index contributed by atoms with van der Waals surface area (Å²) in [6.45, 7) is 1.92. The molecule has 3 saturated carbocycles. The number of halogens is 6. The average molecular weight is 523 g/mol. The average Bonchev–Trinajstić information content (AvgIpc) is 3.40. The fraction of sp³-hybridized carbons (Fsp3) is 0.905. The van der Waals surface area contributed by atoms with Crippen molar-refractivity contribution in [2.45, 2.75) is 82.7 Å². The molecule has 196 valence electrons. The monoisotopic (exact) mass is 522 g/mol. The van der Waals surface area contributed by atoms with Gasteiger partial charge in [-0.25, -0.2) is 0 Å². The molecule has 4 atom stereocenters. The molecule has 0 amide bonds. The van der Waals surface area contributed by atoms with E-state index in [0.29, 0.717) is 25.7 Å². The third kappa shape index (κ3) is 4.96. The summed E-state index contributed by atoms with van der Waals surface area (Å²) in [5.41, 5.74) is -5.74. The van der Waals surface area contributed by atoms with Gasteiger partial charge >= 0.3 is 23.9 Å². The molecular formula is C21H28F6O6S. The van der Waals surface area contributed by atoms with Gasteiger partial charge in [0.15, 0.2) is 0 Å². The van der Waals surface area contributed by atoms with E-state index in [1.165, 1.54) is 0 Å². The van der Waals surface area contributed by atoms with Gasteiger partial charge in [-0.2, -0.15) is 34.8 Å². The van der Waals surface area contributed by atoms with E-state index in [4.69, 9.17) is 4.55 Å². The van der Waals surface area contributed by atoms with Crippen molar-refractivity contribution < 1.29 is 53.6 Å². The van der Waals surface area contributed by atoms with Crippen LogP contribution in [0.4, 0.5) is 26.3 Å². The Bertz CT molecular complexity index is 892. The molecule has 0 heterocycles. The highest BCUT2D eigenvalue weighted by Gasteiger charge is 2.76. The Hall–Kier alpha value is -1.37. The molecule has 0 aliphatic heterocycles. The molecule has 3 fully saturated rings. The van der Waals surface area contributed by atoms with Crippen molar-refractivity contribution in [2.75, 3.05) is 5.75 Å². The van der Waals surface area contributed by atoms with Crippen molar-refractivity contribution in [3.05, 3.63) is 0 Å². The maximum absolute atomic E-state index is 13.6. The number of ether oxygens (including phenoxy) is 1. The lowest BCUT2D eigenvalue weighted by molar-refractivity contribution is -0.362. The summed E-state index contributed by atoms with van der Waals surface area (Å²) in [6, 6.07) is 0. The van der Waals surface area contributed by atoms with Crippen LogP contribution in [0.5, 0.6) is 0 Å². The van der Waals surface area contributed by atoms with E-state index in [2.05, 4.69) is 4.74 Å². The number of carbonyl (C=O) groups excluding carboxylic acids is 2. The van der Waals surface area contributed by atoms with E-state index in [0.717, 1.165) is 25.7 Å². The van der Waals surface area contributed by atoms with E-state index in [1.54, 1.807) is 0 Å². The molecule has 3 aliphatic rings. The van der Waals surface area contributed by atoms with Crippen LogP contribution < -0.4 is 0 Å². The summed E-state index contributed by atoms with van der Waals surface area (Å²) in [6.07, 6.45) is -7.42. The number of Topliss-reactive ketones (excluding diaryl/α,β-unsaturated/α-hetero) is 1. The lowest BCUT2D eigenvalue weighted by atomic mass is 9.70. The lowest BCUT2D eigenvalue weighted by Gasteiger charge is -2.38. The summed E-state index contributed by atoms with van der Waals surface area (Å²) in [7, 11) is -5.87. The number of ketones is 1. The predicted molar refractivity (Wildman–Crippen MR) is 106 cm³/mol. The van der Waals surface area contributed by atoms with Crippen molar-refractivity contribution in [1.82, 2.24) is 0 Å². The molecule has 0 radical (unpaired) electrons. The first kappa shape index (κ1) is 27.2. The number of hydrogen-bond acceptors (Lipinski definition) is 5. The number of esters is 1. The molecule has 1 N–H and O–H groups in total. The Labute approximate surface area is 193 Å². The Morgan fingerprint density at radius 1 is 0.971 bits per heavy atom. The minimum Gasteiger partial charge on any atom is -0.438 e. The van der Waals surface area contributed by atoms with Crippen molar-refractivity contribution in [1.29, 1.82) is 0 Å². The number of fused-ring (bicyclic) bond motifs is 2. The maximum Gasteiger partial charge on any atom is 0.438 e. The first-order chi connectivity index (χ1) is 15.5. The molecule has 0 saturated heterocycles. The second-order valence-corrected chi connectivity index (χ2v) is 11.5. The molecule has 6 nitrogen and oxygen atoms in total. The van der Waals surface area contributed by atoms with Crippen LogP contribution in [0.2, 0.25) is 0 Å². The number of alkyl halides is 6. The largest absolute Gasteiger partial charge is 0.438 e. The minimum absolute atomic E-state index is 0.0931. The van der Waals surface area contributed by atoms with E-state index in [9.17, 15) is 44.3 Å². The third-order valence-corrected chi connectivity index (χ3v) is 8.87. The lowest BCUT2D eigenvalue weighted by Crippen LogP contribution is -2.64. The molecule has 13 heteroatoms. The first-order valence-electron chi connectivity index (χ1n) is 11.3. The highest BCUT2D eigenvalue weighted by Crippen LogP contribution is 2.56. The Morgan fingerprint density at radius 3 is 1.91 bits per heavy atom. The minimum atomic E-state index is -6.38. The molecular weight excluding hydrogens is 494 g/mol. The molecule has 0 aromatic heterocycles. The first-order valence-corrected chi connectivity index (χ1v) is 12.9. The zero-order valence-electron chi connectivity index (χ0n) is 18.5. The highest BCUT2D eigenvalue weighted by molar-refractivity contribution is 7.85. The predicted octanol–water partition coefficient (Wildman–Crippen LogP) is 4.87. The van der Waals surface area contributed by atoms with E-state index in [-0.39, 0.29) is 23.5 Å². The Balaban J connectivity index is 1.93. The van der Waals surface area contributed by atoms with Crippen LogP contribution in [0, 0.1) is 29.1 Å². The summed E-state index contributed by atoms with van der Waals surface area (Å²) in [5.74, 6) is -8.75. The SMILES string of the molecule is CCC1(CC(=O)C2C3CCC(C3)C2C(=O)OC(CS(=O)(=O)O)(C(F)(F)F)C(F)(F)F)CCCC1. The summed E-state index contributed by atoms with van der Waals surface area (Å²) >= 11 is 0. The smallest absolute Gasteiger partial charge is 0.438 e. The van der Waals surface area contributed by atoms with Gasteiger partial charge in [-0.15, -0.1) is 0 Å². The standard InChI is InChI=1S/C21H28F6O6S/c1-2-18(7-3-4-8-18)10-14(28)15-12-5-6-13(9-12)16(15)17(29)33-19(20(22,23)24,21(25,26)27)11-34(30,31)32/h12-13,15-16H,2-11H2,1H3,(H,30,31,32). The zero-order valence-corrected chi connectivity index (χ0v) is 19.4. The van der Waals surface area contributed by atoms with Gasteiger partial charge in [-0.05, 0) is 49.4 Å². The van der Waals surface area contributed by atoms with Gasteiger partial charge in [0, 0.05) is 12.3 Å². The van der Waals surface area contributed by atoms with Crippen LogP contribution in [0.1, 0.15) is 64.7 Å². The van der Waals surface area contributed by atoms with Gasteiger partial charge < -0.3 is 4.74 Å². The molecule has 0 aromatic carbocycles. The zero-order chi connectivity index (χ0) is 25.7. The van der Waals surface area contributed by atoms with Crippen molar-refractivity contribution in [2.24, 2.45) is 29.1 Å². The van der Waals surface area contributed by atoms with E-state index < -0.39 is 57.5 Å². The molecule has 4 unspecified atom stereocenters. The van der Waals surface area contributed by atoms with Crippen LogP contribution in [-0.4, -0.2) is 48.4 Å². The van der Waals surface area contributed by atoms with Gasteiger partial charge in [-0.3, -0.25) is 14.1 Å². The van der Waals surface area contributed by atoms with Crippen molar-refractivity contribution >= 4 is 21.9 Å². The van der Waals surface area contributed by atoms with Crippen LogP contribution >= 0.6 is 0 Å². The van der Waals surface area contributed by atoms with Crippen molar-refractivity contribution in [3.63, 3.8) is 0 Å². The molecule has 34 heavy (non-hydrogen) atoms. The van der Waals surface area contributed by atoms with E-state index >= 15 is 0 Å². The Morgan fingerprint density at radius 2 is 1.47 bits per heavy atom. The molecule has 3 rings (SSSR count). The number of rotatable bonds is 8. The Kier molecular flexibility index (Phi) is 7.15. The van der Waals surface area contributed by atoms with Gasteiger partial charge in [0.1, 0.15) is 11.5 Å². The topological polar surface area (TPSA) is 97.7 Å². The van der Waals surface area contributed by atoms with Crippen LogP contribution in [0.25, 0.3) is 0 Å². The quantitative estimate of drug-likeness (QED) is 0.278. The van der Waals surface area contributed by atoms with Crippen LogP contribution in [-0.2, 0) is 24.4 Å². The second-order valence-electron chi connectivity index (χ2n) is 10.1. The molecule has 3 aliphatic carbocycles. The van der Waals surface area contributed by atoms with Crippen LogP contribution in [0.15, 0.2) is 0 Å². The number of carbonyl (C=O) groups is 2. The molecule has 0 spiro atoms. The molecule has 0 aromatic rings. The van der Waals surface area contributed by atoms with Crippen molar-refractivity contribution in [3.8, 4) is 0 Å². The summed E-state index contributed by atoms with van der Waals surface area (Å²) in [4.78, 5) is 26.2. The molecule has 2 bridgehead atoms. The highest BCUT2D eigenvalue weighted by atomic mass is 32.2. The van der Waals surface area contributed by atoms with E-state index in [1.807, 2.05) is 6.92 Å². The summed E-state index contributed by atoms with van der Waals surface area (Å²) in [5, 5.41) is 0. The third-order valence-electron chi connectivity index (χ3n) is 8.10. The van der Waals surface area contributed by atoms with Gasteiger partial charge in [0.05, 0.1) is 5.92 Å². The van der Waals surface area contributed by atoms with Gasteiger partial charge in [-0.1, -0.05) is 26.2 Å². The fourth-order valence-corrected chi connectivity index (χ4v) is 7.23. The normalized spacial score (nSPS) is 29.4. The van der Waals surface area contributed by atoms with Crippen LogP contribution in [0.3, 0.4) is 0 Å². The fourth-order valence-electron chi connectivity index (χ4n) is 6.33. The summed E-state index contributed by atoms with van der Waals surface area (Å²) < 4.78 is 117.